The first-order valence-corrected chi connectivity index (χ1v) is 9.67. The van der Waals surface area contributed by atoms with Crippen LogP contribution in [0, 0.1) is 0 Å². The van der Waals surface area contributed by atoms with Crippen LogP contribution >= 0.6 is 15.9 Å². The van der Waals surface area contributed by atoms with E-state index in [0.717, 1.165) is 29.3 Å². The average Bonchev–Trinajstić information content (AvgIpc) is 2.59. The quantitative estimate of drug-likeness (QED) is 0.526. The van der Waals surface area contributed by atoms with Gasteiger partial charge in [-0.15, -0.1) is 0 Å². The van der Waals surface area contributed by atoms with Gasteiger partial charge in [0.15, 0.2) is 6.10 Å². The molecule has 1 heterocycles. The first-order chi connectivity index (χ1) is 12.3. The van der Waals surface area contributed by atoms with Gasteiger partial charge in [0.25, 0.3) is 5.91 Å². The van der Waals surface area contributed by atoms with E-state index in [9.17, 15) is 9.59 Å². The summed E-state index contributed by atoms with van der Waals surface area (Å²) in [5.41, 5.74) is 0.746. The van der Waals surface area contributed by atoms with Gasteiger partial charge >= 0.3 is 5.97 Å². The largest absolute Gasteiger partial charge is 0.496 e. The minimum Gasteiger partial charge on any atom is -0.496 e. The van der Waals surface area contributed by atoms with E-state index in [-0.39, 0.29) is 18.0 Å². The van der Waals surface area contributed by atoms with Crippen LogP contribution in [0.2, 0.25) is 0 Å². The van der Waals surface area contributed by atoms with E-state index in [1.807, 2.05) is 30.9 Å². The van der Waals surface area contributed by atoms with Crippen LogP contribution in [0.5, 0.6) is 5.75 Å². The molecule has 6 heteroatoms. The summed E-state index contributed by atoms with van der Waals surface area (Å²) in [6.07, 6.45) is 5.22. The molecule has 0 radical (unpaired) electrons. The second-order valence-corrected chi connectivity index (χ2v) is 7.59. The molecule has 1 saturated heterocycles. The number of methoxy groups -OCH3 is 1. The number of piperidine rings is 1. The highest BCUT2D eigenvalue weighted by Gasteiger charge is 2.32. The predicted molar refractivity (Wildman–Crippen MR) is 105 cm³/mol. The number of rotatable bonds is 5. The van der Waals surface area contributed by atoms with Crippen LogP contribution in [-0.4, -0.2) is 42.1 Å². The highest BCUT2D eigenvalue weighted by Crippen LogP contribution is 2.25. The Morgan fingerprint density at radius 3 is 2.54 bits per heavy atom. The molecule has 1 aliphatic rings. The first kappa shape index (κ1) is 20.5. The Kier molecular flexibility index (Phi) is 7.26. The number of esters is 1. The Hall–Kier alpha value is -1.82. The van der Waals surface area contributed by atoms with Gasteiger partial charge in [-0.1, -0.05) is 15.9 Å². The van der Waals surface area contributed by atoms with Gasteiger partial charge in [-0.05, 0) is 64.3 Å². The van der Waals surface area contributed by atoms with E-state index in [2.05, 4.69) is 15.9 Å². The molecule has 1 fully saturated rings. The molecule has 1 aromatic carbocycles. The summed E-state index contributed by atoms with van der Waals surface area (Å²) in [5.74, 6) is -0.0333. The van der Waals surface area contributed by atoms with Crippen LogP contribution in [0.25, 0.3) is 6.08 Å². The topological polar surface area (TPSA) is 55.8 Å². The molecule has 1 aromatic rings. The van der Waals surface area contributed by atoms with Crippen molar-refractivity contribution >= 4 is 33.9 Å². The Morgan fingerprint density at radius 2 is 1.92 bits per heavy atom. The standard InChI is InChI=1S/C20H26BrNO4/c1-13-6-5-7-14(2)22(13)20(24)15(3)26-19(23)11-8-16-12-17(21)9-10-18(16)25-4/h8-15H,5-7H2,1-4H3/b11-8+/t13-,14+,15-/m1/s1. The van der Waals surface area contributed by atoms with Crippen molar-refractivity contribution in [1.29, 1.82) is 0 Å². The zero-order valence-corrected chi connectivity index (χ0v) is 17.3. The maximum absolute atomic E-state index is 12.7. The molecule has 142 valence electrons. The minimum atomic E-state index is -0.806. The smallest absolute Gasteiger partial charge is 0.331 e. The molecule has 0 bridgehead atoms. The molecule has 0 unspecified atom stereocenters. The molecule has 3 atom stereocenters. The normalized spacial score (nSPS) is 21.5. The Bertz CT molecular complexity index is 678. The monoisotopic (exact) mass is 423 g/mol. The number of halogens is 1. The lowest BCUT2D eigenvalue weighted by atomic mass is 9.97. The molecular formula is C20H26BrNO4. The zero-order valence-electron chi connectivity index (χ0n) is 15.7. The molecule has 26 heavy (non-hydrogen) atoms. The SMILES string of the molecule is COc1ccc(Br)cc1/C=C/C(=O)O[C@H](C)C(=O)N1[C@H](C)CCC[C@@H]1C. The lowest BCUT2D eigenvalue weighted by Gasteiger charge is -2.40. The van der Waals surface area contributed by atoms with E-state index in [1.54, 1.807) is 26.2 Å². The highest BCUT2D eigenvalue weighted by molar-refractivity contribution is 9.10. The summed E-state index contributed by atoms with van der Waals surface area (Å²) in [6, 6.07) is 5.85. The van der Waals surface area contributed by atoms with Crippen LogP contribution in [0.3, 0.4) is 0 Å². The summed E-state index contributed by atoms with van der Waals surface area (Å²) in [6.45, 7) is 5.71. The van der Waals surface area contributed by atoms with Gasteiger partial charge in [-0.3, -0.25) is 4.79 Å². The van der Waals surface area contributed by atoms with Crippen LogP contribution in [0.4, 0.5) is 0 Å². The number of ether oxygens (including phenoxy) is 2. The number of amides is 1. The summed E-state index contributed by atoms with van der Waals surface area (Å²) in [5, 5.41) is 0. The van der Waals surface area contributed by atoms with Crippen molar-refractivity contribution in [3.8, 4) is 5.75 Å². The summed E-state index contributed by atoms with van der Waals surface area (Å²) in [4.78, 5) is 26.7. The number of hydrogen-bond acceptors (Lipinski definition) is 4. The molecule has 0 aliphatic carbocycles. The van der Waals surface area contributed by atoms with E-state index < -0.39 is 12.1 Å². The summed E-state index contributed by atoms with van der Waals surface area (Å²) in [7, 11) is 1.57. The van der Waals surface area contributed by atoms with Gasteiger partial charge < -0.3 is 14.4 Å². The molecule has 0 aromatic heterocycles. The average molecular weight is 424 g/mol. The van der Waals surface area contributed by atoms with Crippen molar-refractivity contribution in [2.45, 2.75) is 58.2 Å². The lowest BCUT2D eigenvalue weighted by Crippen LogP contribution is -2.51. The van der Waals surface area contributed by atoms with Crippen LogP contribution < -0.4 is 4.74 Å². The van der Waals surface area contributed by atoms with E-state index in [4.69, 9.17) is 9.47 Å². The Morgan fingerprint density at radius 1 is 1.27 bits per heavy atom. The fourth-order valence-electron chi connectivity index (χ4n) is 3.32. The number of nitrogens with zero attached hydrogens (tertiary/aromatic N) is 1. The Labute approximate surface area is 163 Å². The van der Waals surface area contributed by atoms with Crippen molar-refractivity contribution in [3.63, 3.8) is 0 Å². The van der Waals surface area contributed by atoms with Crippen molar-refractivity contribution in [1.82, 2.24) is 4.90 Å². The van der Waals surface area contributed by atoms with Crippen molar-refractivity contribution in [3.05, 3.63) is 34.3 Å². The second-order valence-electron chi connectivity index (χ2n) is 6.67. The fourth-order valence-corrected chi connectivity index (χ4v) is 3.70. The maximum atomic E-state index is 12.7. The summed E-state index contributed by atoms with van der Waals surface area (Å²) >= 11 is 3.39. The highest BCUT2D eigenvalue weighted by atomic mass is 79.9. The number of likely N-dealkylation sites (tertiary alicyclic amines) is 1. The van der Waals surface area contributed by atoms with Gasteiger partial charge in [0.1, 0.15) is 5.75 Å². The van der Waals surface area contributed by atoms with Crippen molar-refractivity contribution in [2.24, 2.45) is 0 Å². The molecule has 2 rings (SSSR count). The van der Waals surface area contributed by atoms with Gasteiger partial charge in [-0.2, -0.15) is 0 Å². The van der Waals surface area contributed by atoms with E-state index in [0.29, 0.717) is 5.75 Å². The fraction of sp³-hybridized carbons (Fsp3) is 0.500. The van der Waals surface area contributed by atoms with Gasteiger partial charge in [-0.25, -0.2) is 4.79 Å². The minimum absolute atomic E-state index is 0.133. The third-order valence-corrected chi connectivity index (χ3v) is 5.17. The Balaban J connectivity index is 2.00. The zero-order chi connectivity index (χ0) is 19.3. The lowest BCUT2D eigenvalue weighted by molar-refractivity contribution is -0.158. The van der Waals surface area contributed by atoms with Crippen LogP contribution in [-0.2, 0) is 14.3 Å². The number of carbonyl (C=O) groups is 2. The molecule has 1 aliphatic heterocycles. The molecule has 5 nitrogen and oxygen atoms in total. The van der Waals surface area contributed by atoms with Gasteiger partial charge in [0, 0.05) is 28.2 Å². The molecule has 0 saturated carbocycles. The number of carbonyl (C=O) groups excluding carboxylic acids is 2. The van der Waals surface area contributed by atoms with E-state index >= 15 is 0 Å². The molecule has 0 spiro atoms. The first-order valence-electron chi connectivity index (χ1n) is 8.88. The van der Waals surface area contributed by atoms with Crippen molar-refractivity contribution < 1.29 is 19.1 Å². The molecular weight excluding hydrogens is 398 g/mol. The third kappa shape index (κ3) is 5.10. The van der Waals surface area contributed by atoms with Gasteiger partial charge in [0.2, 0.25) is 0 Å². The number of benzene rings is 1. The third-order valence-electron chi connectivity index (χ3n) is 4.68. The van der Waals surface area contributed by atoms with Crippen LogP contribution in [0.1, 0.15) is 45.6 Å². The van der Waals surface area contributed by atoms with Crippen LogP contribution in [0.15, 0.2) is 28.7 Å². The molecule has 0 N–H and O–H groups in total. The van der Waals surface area contributed by atoms with Gasteiger partial charge in [0.05, 0.1) is 7.11 Å². The van der Waals surface area contributed by atoms with Crippen molar-refractivity contribution in [2.75, 3.05) is 7.11 Å². The number of hydrogen-bond donors (Lipinski definition) is 0. The molecule has 1 amide bonds. The van der Waals surface area contributed by atoms with E-state index in [1.165, 1.54) is 6.08 Å². The summed E-state index contributed by atoms with van der Waals surface area (Å²) < 4.78 is 11.5. The maximum Gasteiger partial charge on any atom is 0.331 e. The predicted octanol–water partition coefficient (Wildman–Crippen LogP) is 4.19. The second kappa shape index (κ2) is 9.21.